The Morgan fingerprint density at radius 3 is 2.77 bits per heavy atom. The summed E-state index contributed by atoms with van der Waals surface area (Å²) in [6.45, 7) is 2.96. The average Bonchev–Trinajstić information content (AvgIpc) is 3.51. The smallest absolute Gasteiger partial charge is 0.290 e. The summed E-state index contributed by atoms with van der Waals surface area (Å²) in [5, 5.41) is 9.40. The third-order valence-electron chi connectivity index (χ3n) is 6.13. The maximum Gasteiger partial charge on any atom is 0.290 e. The zero-order chi connectivity index (χ0) is 24.2. The van der Waals surface area contributed by atoms with Gasteiger partial charge in [-0.2, -0.15) is 11.3 Å². The van der Waals surface area contributed by atoms with Gasteiger partial charge in [0, 0.05) is 31.4 Å². The maximum atomic E-state index is 14.3. The summed E-state index contributed by atoms with van der Waals surface area (Å²) in [5.41, 5.74) is 3.43. The molecule has 0 radical (unpaired) electrons. The Morgan fingerprint density at radius 1 is 1.17 bits per heavy atom. The van der Waals surface area contributed by atoms with Crippen LogP contribution >= 0.6 is 23.1 Å². The van der Waals surface area contributed by atoms with Gasteiger partial charge in [-0.25, -0.2) is 14.4 Å². The second kappa shape index (κ2) is 10.7. The molecule has 2 saturated heterocycles. The number of thiophene rings is 1. The van der Waals surface area contributed by atoms with E-state index < -0.39 is 5.91 Å². The molecule has 0 saturated carbocycles. The van der Waals surface area contributed by atoms with Crippen molar-refractivity contribution in [1.29, 1.82) is 0 Å². The largest absolute Gasteiger partial charge is 0.341 e. The molecule has 0 atom stereocenters. The number of rotatable bonds is 7. The summed E-state index contributed by atoms with van der Waals surface area (Å²) >= 11 is 2.51. The predicted molar refractivity (Wildman–Crippen MR) is 137 cm³/mol. The van der Waals surface area contributed by atoms with Gasteiger partial charge in [0.2, 0.25) is 5.95 Å². The first-order chi connectivity index (χ1) is 17.0. The molecule has 10 heteroatoms. The first-order valence-electron chi connectivity index (χ1n) is 11.4. The lowest BCUT2D eigenvalue weighted by atomic mass is 9.97. The number of carbonyl (C=O) groups is 2. The fourth-order valence-corrected chi connectivity index (χ4v) is 5.55. The molecule has 5 rings (SSSR count). The van der Waals surface area contributed by atoms with Gasteiger partial charge in [-0.05, 0) is 89.3 Å². The fourth-order valence-electron chi connectivity index (χ4n) is 4.22. The van der Waals surface area contributed by atoms with Crippen LogP contribution in [0.1, 0.15) is 24.1 Å². The van der Waals surface area contributed by atoms with Crippen LogP contribution in [0.15, 0.2) is 52.2 Å². The molecule has 0 bridgehead atoms. The highest BCUT2D eigenvalue weighted by Gasteiger charge is 2.25. The SMILES string of the molecule is O=C1NC(=O)/C(=C/c2ccnc(N3CCC(CNCc4cc(-c5ccsc5)ccc4F)CC3)n2)S1. The molecule has 2 amide bonds. The number of imide groups is 1. The molecule has 2 fully saturated rings. The fraction of sp³-hybridized carbons (Fsp3) is 0.280. The molecule has 0 spiro atoms. The van der Waals surface area contributed by atoms with Crippen LogP contribution in [0.4, 0.5) is 15.1 Å². The Hall–Kier alpha value is -3.08. The molecule has 2 aliphatic heterocycles. The minimum Gasteiger partial charge on any atom is -0.341 e. The highest BCUT2D eigenvalue weighted by atomic mass is 32.2. The van der Waals surface area contributed by atoms with E-state index in [0.29, 0.717) is 34.6 Å². The number of aromatic nitrogens is 2. The van der Waals surface area contributed by atoms with Gasteiger partial charge in [0.15, 0.2) is 0 Å². The standard InChI is InChI=1S/C25H24FN5O2S2/c26-21-2-1-17(18-6-10-34-15-18)11-19(21)14-27-13-16-4-8-31(9-5-16)24-28-7-3-20(29-24)12-22-23(32)30-25(33)35-22/h1-3,6-7,10-12,15-16,27H,4-5,8-9,13-14H2,(H,30,32,33)/b22-12-. The number of carbonyl (C=O) groups excluding carboxylic acids is 2. The first-order valence-corrected chi connectivity index (χ1v) is 13.2. The van der Waals surface area contributed by atoms with E-state index in [1.54, 1.807) is 35.7 Å². The van der Waals surface area contributed by atoms with E-state index in [1.165, 1.54) is 0 Å². The monoisotopic (exact) mass is 509 g/mol. The van der Waals surface area contributed by atoms with E-state index in [-0.39, 0.29) is 11.1 Å². The number of benzene rings is 1. The molecule has 4 heterocycles. The lowest BCUT2D eigenvalue weighted by molar-refractivity contribution is -0.115. The summed E-state index contributed by atoms with van der Waals surface area (Å²) in [7, 11) is 0. The number of amides is 2. The quantitative estimate of drug-likeness (QED) is 0.448. The third kappa shape index (κ3) is 5.77. The van der Waals surface area contributed by atoms with E-state index in [9.17, 15) is 14.0 Å². The van der Waals surface area contributed by atoms with E-state index in [0.717, 1.165) is 55.4 Å². The number of thioether (sulfide) groups is 1. The van der Waals surface area contributed by atoms with Crippen molar-refractivity contribution in [2.45, 2.75) is 19.4 Å². The molecule has 0 aliphatic carbocycles. The first kappa shape index (κ1) is 23.7. The number of nitrogens with one attached hydrogen (secondary N) is 2. The van der Waals surface area contributed by atoms with Crippen LogP contribution in [0.3, 0.4) is 0 Å². The number of halogens is 1. The molecule has 2 aromatic heterocycles. The Labute approximate surface area is 210 Å². The summed E-state index contributed by atoms with van der Waals surface area (Å²) in [5.74, 6) is 0.528. The summed E-state index contributed by atoms with van der Waals surface area (Å²) in [4.78, 5) is 34.6. The van der Waals surface area contributed by atoms with Gasteiger partial charge in [0.1, 0.15) is 5.82 Å². The Bertz CT molecular complexity index is 1260. The normalized spacial score (nSPS) is 17.9. The third-order valence-corrected chi connectivity index (χ3v) is 7.63. The summed E-state index contributed by atoms with van der Waals surface area (Å²) in [6, 6.07) is 9.06. The van der Waals surface area contributed by atoms with Crippen LogP contribution in [0, 0.1) is 11.7 Å². The van der Waals surface area contributed by atoms with Crippen LogP contribution in [0.2, 0.25) is 0 Å². The lowest BCUT2D eigenvalue weighted by Gasteiger charge is -2.32. The highest BCUT2D eigenvalue weighted by molar-refractivity contribution is 8.18. The van der Waals surface area contributed by atoms with Gasteiger partial charge in [0.05, 0.1) is 10.6 Å². The van der Waals surface area contributed by atoms with E-state index in [2.05, 4.69) is 30.9 Å². The van der Waals surface area contributed by atoms with Crippen LogP contribution < -0.4 is 15.5 Å². The Kier molecular flexibility index (Phi) is 7.21. The molecule has 1 aromatic carbocycles. The van der Waals surface area contributed by atoms with Crippen LogP contribution in [-0.4, -0.2) is 40.7 Å². The lowest BCUT2D eigenvalue weighted by Crippen LogP contribution is -2.38. The van der Waals surface area contributed by atoms with Crippen molar-refractivity contribution in [2.75, 3.05) is 24.5 Å². The number of hydrogen-bond acceptors (Lipinski definition) is 8. The van der Waals surface area contributed by atoms with E-state index >= 15 is 0 Å². The summed E-state index contributed by atoms with van der Waals surface area (Å²) in [6.07, 6.45) is 5.23. The van der Waals surface area contributed by atoms with Gasteiger partial charge in [-0.15, -0.1) is 0 Å². The molecule has 180 valence electrons. The second-order valence-corrected chi connectivity index (χ2v) is 10.3. The predicted octanol–water partition coefficient (Wildman–Crippen LogP) is 4.67. The van der Waals surface area contributed by atoms with Crippen LogP contribution in [0.25, 0.3) is 17.2 Å². The van der Waals surface area contributed by atoms with Crippen molar-refractivity contribution in [3.05, 3.63) is 69.3 Å². The number of hydrogen-bond donors (Lipinski definition) is 2. The minimum atomic E-state index is -0.397. The van der Waals surface area contributed by atoms with Crippen LogP contribution in [0.5, 0.6) is 0 Å². The molecule has 7 nitrogen and oxygen atoms in total. The number of anilines is 1. The van der Waals surface area contributed by atoms with Gasteiger partial charge >= 0.3 is 0 Å². The maximum absolute atomic E-state index is 14.3. The molecule has 0 unspecified atom stereocenters. The molecule has 2 aliphatic rings. The second-order valence-electron chi connectivity index (χ2n) is 8.51. The molecule has 3 aromatic rings. The van der Waals surface area contributed by atoms with Gasteiger partial charge in [0.25, 0.3) is 11.1 Å². The highest BCUT2D eigenvalue weighted by Crippen LogP contribution is 2.27. The number of nitrogens with zero attached hydrogens (tertiary/aromatic N) is 3. The van der Waals surface area contributed by atoms with Gasteiger partial charge in [-0.3, -0.25) is 14.9 Å². The van der Waals surface area contributed by atoms with Crippen molar-refractivity contribution < 1.29 is 14.0 Å². The Balaban J connectivity index is 1.13. The van der Waals surface area contributed by atoms with Crippen LogP contribution in [-0.2, 0) is 11.3 Å². The molecular formula is C25H24FN5O2S2. The number of piperidine rings is 1. The van der Waals surface area contributed by atoms with Gasteiger partial charge < -0.3 is 10.2 Å². The van der Waals surface area contributed by atoms with Crippen molar-refractivity contribution in [2.24, 2.45) is 5.92 Å². The Morgan fingerprint density at radius 2 is 2.03 bits per heavy atom. The van der Waals surface area contributed by atoms with Crippen molar-refractivity contribution >= 4 is 46.3 Å². The molecule has 2 N–H and O–H groups in total. The zero-order valence-corrected chi connectivity index (χ0v) is 20.5. The van der Waals surface area contributed by atoms with Crippen molar-refractivity contribution in [1.82, 2.24) is 20.6 Å². The minimum absolute atomic E-state index is 0.184. The van der Waals surface area contributed by atoms with E-state index in [4.69, 9.17) is 0 Å². The zero-order valence-electron chi connectivity index (χ0n) is 18.9. The topological polar surface area (TPSA) is 87.2 Å². The summed E-state index contributed by atoms with van der Waals surface area (Å²) < 4.78 is 14.3. The van der Waals surface area contributed by atoms with Gasteiger partial charge in [-0.1, -0.05) is 6.07 Å². The molecular weight excluding hydrogens is 485 g/mol. The molecule has 35 heavy (non-hydrogen) atoms. The van der Waals surface area contributed by atoms with Crippen molar-refractivity contribution in [3.8, 4) is 11.1 Å². The average molecular weight is 510 g/mol. The van der Waals surface area contributed by atoms with E-state index in [1.807, 2.05) is 23.6 Å². The van der Waals surface area contributed by atoms with Crippen molar-refractivity contribution in [3.63, 3.8) is 0 Å².